The highest BCUT2D eigenvalue weighted by Crippen LogP contribution is 2.41. The molecule has 0 saturated heterocycles. The Kier molecular flexibility index (Phi) is 3.25. The Hall–Kier alpha value is -2.61. The molecule has 0 atom stereocenters. The minimum atomic E-state index is -1.51. The summed E-state index contributed by atoms with van der Waals surface area (Å²) in [5, 5.41) is 8.47. The van der Waals surface area contributed by atoms with E-state index in [1.807, 2.05) is 0 Å². The van der Waals surface area contributed by atoms with E-state index in [1.54, 1.807) is 0 Å². The maximum absolute atomic E-state index is 14.4. The second kappa shape index (κ2) is 4.99. The number of aromatic nitrogens is 1. The number of hydrogen-bond donors (Lipinski definition) is 2. The normalized spacial score (nSPS) is 12.5. The third-order valence-corrected chi connectivity index (χ3v) is 3.43. The lowest BCUT2D eigenvalue weighted by atomic mass is 10.1. The Morgan fingerprint density at radius 1 is 1.32 bits per heavy atom. The van der Waals surface area contributed by atoms with Crippen LogP contribution in [0, 0.1) is 11.6 Å². The summed E-state index contributed by atoms with van der Waals surface area (Å²) in [4.78, 5) is 14.6. The molecule has 0 unspecified atom stereocenters. The van der Waals surface area contributed by atoms with Gasteiger partial charge in [-0.15, -0.1) is 0 Å². The zero-order chi connectivity index (χ0) is 16.0. The van der Waals surface area contributed by atoms with E-state index in [4.69, 9.17) is 31.9 Å². The van der Waals surface area contributed by atoms with Crippen LogP contribution in [-0.2, 0) is 0 Å². The number of benzene rings is 1. The van der Waals surface area contributed by atoms with Crippen LogP contribution in [-0.4, -0.2) is 22.9 Å². The van der Waals surface area contributed by atoms with Crippen molar-refractivity contribution in [3.05, 3.63) is 34.5 Å². The van der Waals surface area contributed by atoms with Gasteiger partial charge in [0.2, 0.25) is 12.5 Å². The van der Waals surface area contributed by atoms with Gasteiger partial charge in [0.1, 0.15) is 5.69 Å². The number of aromatic carboxylic acids is 1. The Morgan fingerprint density at radius 2 is 2.05 bits per heavy atom. The molecule has 2 aromatic rings. The van der Waals surface area contributed by atoms with Crippen molar-refractivity contribution in [3.63, 3.8) is 0 Å². The number of nitrogens with zero attached hydrogens (tertiary/aromatic N) is 1. The summed E-state index contributed by atoms with van der Waals surface area (Å²) in [6, 6.07) is 2.54. The van der Waals surface area contributed by atoms with Crippen molar-refractivity contribution in [2.75, 3.05) is 12.5 Å². The van der Waals surface area contributed by atoms with E-state index in [-0.39, 0.29) is 23.9 Å². The van der Waals surface area contributed by atoms with Crippen LogP contribution in [0.15, 0.2) is 12.1 Å². The second-order valence-corrected chi connectivity index (χ2v) is 4.69. The minimum Gasteiger partial charge on any atom is -0.476 e. The largest absolute Gasteiger partial charge is 0.476 e. The van der Waals surface area contributed by atoms with E-state index >= 15 is 0 Å². The van der Waals surface area contributed by atoms with Gasteiger partial charge in [0.15, 0.2) is 23.1 Å². The standard InChI is InChI=1S/C13H7ClF2N2O4/c14-6-9(17)8(16)10(18-11(6)13(19)20)4-1-2-5-12(7(4)15)22-3-21-5/h1-2H,3H2,(H2,17,18)(H,19,20). The average Bonchev–Trinajstić information content (AvgIpc) is 2.95. The number of hydrogen-bond acceptors (Lipinski definition) is 5. The number of nitrogen functional groups attached to an aromatic ring is 1. The van der Waals surface area contributed by atoms with Gasteiger partial charge in [-0.25, -0.2) is 18.6 Å². The predicted octanol–water partition coefficient (Wildman–Crippen LogP) is 2.69. The van der Waals surface area contributed by atoms with Crippen molar-refractivity contribution < 1.29 is 28.2 Å². The maximum atomic E-state index is 14.4. The van der Waals surface area contributed by atoms with Gasteiger partial charge >= 0.3 is 5.97 Å². The molecule has 6 nitrogen and oxygen atoms in total. The second-order valence-electron chi connectivity index (χ2n) is 4.32. The first-order valence-electron chi connectivity index (χ1n) is 5.88. The van der Waals surface area contributed by atoms with Crippen LogP contribution in [0.25, 0.3) is 11.3 Å². The van der Waals surface area contributed by atoms with Gasteiger partial charge < -0.3 is 20.3 Å². The highest BCUT2D eigenvalue weighted by Gasteiger charge is 2.27. The number of rotatable bonds is 2. The van der Waals surface area contributed by atoms with Gasteiger partial charge in [0.25, 0.3) is 0 Å². The fraction of sp³-hybridized carbons (Fsp3) is 0.0769. The van der Waals surface area contributed by atoms with E-state index < -0.39 is 39.7 Å². The summed E-state index contributed by atoms with van der Waals surface area (Å²) in [5.41, 5.74) is 3.25. The van der Waals surface area contributed by atoms with Crippen LogP contribution < -0.4 is 15.2 Å². The molecular weight excluding hydrogens is 322 g/mol. The molecule has 114 valence electrons. The molecule has 1 aromatic heterocycles. The van der Waals surface area contributed by atoms with Gasteiger partial charge in [-0.3, -0.25) is 0 Å². The number of pyridine rings is 1. The minimum absolute atomic E-state index is 0.155. The molecule has 3 rings (SSSR count). The van der Waals surface area contributed by atoms with E-state index in [0.717, 1.165) is 0 Å². The van der Waals surface area contributed by atoms with Gasteiger partial charge in [-0.1, -0.05) is 11.6 Å². The lowest BCUT2D eigenvalue weighted by Gasteiger charge is -2.10. The zero-order valence-corrected chi connectivity index (χ0v) is 11.4. The van der Waals surface area contributed by atoms with E-state index in [0.29, 0.717) is 0 Å². The van der Waals surface area contributed by atoms with Crippen LogP contribution >= 0.6 is 11.6 Å². The molecular formula is C13H7ClF2N2O4. The number of nitrogens with two attached hydrogens (primary N) is 1. The Labute approximate surface area is 127 Å². The van der Waals surface area contributed by atoms with Gasteiger partial charge in [0, 0.05) is 5.56 Å². The molecule has 0 amide bonds. The monoisotopic (exact) mass is 328 g/mol. The lowest BCUT2D eigenvalue weighted by Crippen LogP contribution is -2.09. The number of carbonyl (C=O) groups is 1. The molecule has 1 aliphatic rings. The van der Waals surface area contributed by atoms with Gasteiger partial charge in [-0.2, -0.15) is 0 Å². The maximum Gasteiger partial charge on any atom is 0.356 e. The zero-order valence-electron chi connectivity index (χ0n) is 10.7. The van der Waals surface area contributed by atoms with E-state index in [2.05, 4.69) is 4.98 Å². The third kappa shape index (κ3) is 2.00. The molecule has 0 spiro atoms. The summed E-state index contributed by atoms with van der Waals surface area (Å²) >= 11 is 5.64. The molecule has 22 heavy (non-hydrogen) atoms. The molecule has 2 heterocycles. The quantitative estimate of drug-likeness (QED) is 0.880. The van der Waals surface area contributed by atoms with Crippen LogP contribution in [0.4, 0.5) is 14.5 Å². The number of carboxylic acid groups (broad SMARTS) is 1. The van der Waals surface area contributed by atoms with Crippen molar-refractivity contribution in [2.45, 2.75) is 0 Å². The summed E-state index contributed by atoms with van der Waals surface area (Å²) in [6.07, 6.45) is 0. The fourth-order valence-electron chi connectivity index (χ4n) is 2.00. The number of carboxylic acids is 1. The van der Waals surface area contributed by atoms with Crippen molar-refractivity contribution in [1.29, 1.82) is 0 Å². The summed E-state index contributed by atoms with van der Waals surface area (Å²) < 4.78 is 38.5. The average molecular weight is 329 g/mol. The molecule has 0 fully saturated rings. The molecule has 0 aliphatic carbocycles. The molecule has 0 radical (unpaired) electrons. The molecule has 0 bridgehead atoms. The van der Waals surface area contributed by atoms with Crippen molar-refractivity contribution in [1.82, 2.24) is 4.98 Å². The number of ether oxygens (including phenoxy) is 2. The Morgan fingerprint density at radius 3 is 2.73 bits per heavy atom. The highest BCUT2D eigenvalue weighted by atomic mass is 35.5. The molecule has 3 N–H and O–H groups in total. The predicted molar refractivity (Wildman–Crippen MR) is 72.1 cm³/mol. The number of fused-ring (bicyclic) bond motifs is 1. The van der Waals surface area contributed by atoms with Crippen molar-refractivity contribution in [2.24, 2.45) is 0 Å². The molecule has 1 aliphatic heterocycles. The fourth-order valence-corrected chi connectivity index (χ4v) is 2.21. The van der Waals surface area contributed by atoms with Gasteiger partial charge in [0.05, 0.1) is 10.7 Å². The van der Waals surface area contributed by atoms with Crippen LogP contribution in [0.2, 0.25) is 5.02 Å². The van der Waals surface area contributed by atoms with E-state index in [1.165, 1.54) is 12.1 Å². The molecule has 0 saturated carbocycles. The first-order chi connectivity index (χ1) is 10.4. The smallest absolute Gasteiger partial charge is 0.356 e. The van der Waals surface area contributed by atoms with Crippen LogP contribution in [0.1, 0.15) is 10.5 Å². The van der Waals surface area contributed by atoms with E-state index in [9.17, 15) is 13.6 Å². The molecule has 9 heteroatoms. The summed E-state index contributed by atoms with van der Waals surface area (Å²) in [5.74, 6) is -3.61. The van der Waals surface area contributed by atoms with Crippen molar-refractivity contribution in [3.8, 4) is 22.8 Å². The lowest BCUT2D eigenvalue weighted by molar-refractivity contribution is 0.0691. The van der Waals surface area contributed by atoms with Crippen molar-refractivity contribution >= 4 is 23.3 Å². The summed E-state index contributed by atoms with van der Waals surface area (Å²) in [6.45, 7) is -0.172. The summed E-state index contributed by atoms with van der Waals surface area (Å²) in [7, 11) is 0. The van der Waals surface area contributed by atoms with Crippen LogP contribution in [0.5, 0.6) is 11.5 Å². The first kappa shape index (κ1) is 14.3. The number of halogens is 3. The molecule has 1 aromatic carbocycles. The first-order valence-corrected chi connectivity index (χ1v) is 6.25. The Bertz CT molecular complexity index is 813. The SMILES string of the molecule is Nc1c(F)c(-c2ccc3c(c2F)OCO3)nc(C(=O)O)c1Cl. The number of anilines is 1. The highest BCUT2D eigenvalue weighted by molar-refractivity contribution is 6.35. The Balaban J connectivity index is 2.27. The topological polar surface area (TPSA) is 94.7 Å². The van der Waals surface area contributed by atoms with Crippen LogP contribution in [0.3, 0.4) is 0 Å². The van der Waals surface area contributed by atoms with Gasteiger partial charge in [-0.05, 0) is 12.1 Å². The third-order valence-electron chi connectivity index (χ3n) is 3.05.